The minimum atomic E-state index is -0.786. The number of nitrogens with zero attached hydrogens (tertiary/aromatic N) is 5. The number of benzene rings is 1. The minimum Gasteiger partial charge on any atom is -0.497 e. The van der Waals surface area contributed by atoms with Crippen molar-refractivity contribution in [3.8, 4) is 17.0 Å². The van der Waals surface area contributed by atoms with Crippen molar-refractivity contribution in [2.24, 2.45) is 11.7 Å². The smallest absolute Gasteiger partial charge is 0.229 e. The molecule has 1 amide bonds. The predicted octanol–water partition coefficient (Wildman–Crippen LogP) is 3.11. The van der Waals surface area contributed by atoms with Crippen LogP contribution in [0.5, 0.6) is 5.75 Å². The molecule has 38 heavy (non-hydrogen) atoms. The first-order valence-electron chi connectivity index (χ1n) is 12.1. The Morgan fingerprint density at radius 1 is 1.16 bits per heavy atom. The van der Waals surface area contributed by atoms with Crippen LogP contribution in [0.15, 0.2) is 48.9 Å². The molecule has 1 aliphatic heterocycles. The van der Waals surface area contributed by atoms with E-state index in [-0.39, 0.29) is 40.9 Å². The number of nitrogens with two attached hydrogens (primary N) is 1. The van der Waals surface area contributed by atoms with Crippen molar-refractivity contribution in [3.05, 3.63) is 60.6 Å². The largest absolute Gasteiger partial charge is 0.497 e. The van der Waals surface area contributed by atoms with Gasteiger partial charge in [0.2, 0.25) is 11.9 Å². The lowest BCUT2D eigenvalue weighted by Crippen LogP contribution is -2.61. The van der Waals surface area contributed by atoms with Crippen molar-refractivity contribution in [1.29, 1.82) is 0 Å². The van der Waals surface area contributed by atoms with E-state index in [2.05, 4.69) is 30.6 Å². The average Bonchev–Trinajstić information content (AvgIpc) is 3.27. The molecule has 0 radical (unpaired) electrons. The van der Waals surface area contributed by atoms with Gasteiger partial charge in [-0.2, -0.15) is 9.61 Å². The lowest BCUT2D eigenvalue weighted by molar-refractivity contribution is -0.120. The molecular weight excluding hydrogens is 494 g/mol. The third kappa shape index (κ3) is 4.82. The van der Waals surface area contributed by atoms with Crippen LogP contribution in [-0.4, -0.2) is 57.8 Å². The zero-order valence-electron chi connectivity index (χ0n) is 21.2. The van der Waals surface area contributed by atoms with Gasteiger partial charge in [-0.05, 0) is 24.1 Å². The van der Waals surface area contributed by atoms with Gasteiger partial charge in [0, 0.05) is 50.4 Å². The summed E-state index contributed by atoms with van der Waals surface area (Å²) in [4.78, 5) is 22.4. The van der Waals surface area contributed by atoms with Gasteiger partial charge in [0.15, 0.2) is 0 Å². The van der Waals surface area contributed by atoms with Crippen LogP contribution in [0.1, 0.15) is 13.8 Å². The minimum absolute atomic E-state index is 0.0778. The summed E-state index contributed by atoms with van der Waals surface area (Å²) >= 11 is 0. The standard InChI is InChI=1S/C26H28F2N8O2/c1-14-12-35(13-20(29)25(14)32-15(2)37)23-6-7-30-11-22(23)33-26-31-10-16-4-5-21(34-36(16)26)24-18(27)8-17(38-3)9-19(24)28/h4-11,14,20,25H,12-13,29H2,1-3H3,(H,31,33)(H,32,37). The van der Waals surface area contributed by atoms with Gasteiger partial charge in [-0.1, -0.05) is 6.92 Å². The number of halogens is 2. The number of ether oxygens (including phenoxy) is 1. The number of imidazole rings is 1. The number of hydrogen-bond donors (Lipinski definition) is 3. The number of pyridine rings is 1. The molecule has 1 saturated heterocycles. The molecule has 4 aromatic rings. The highest BCUT2D eigenvalue weighted by Gasteiger charge is 2.34. The lowest BCUT2D eigenvalue weighted by Gasteiger charge is -2.42. The Balaban J connectivity index is 1.46. The molecule has 12 heteroatoms. The Kier molecular flexibility index (Phi) is 6.81. The molecule has 3 atom stereocenters. The van der Waals surface area contributed by atoms with Crippen molar-refractivity contribution >= 4 is 28.7 Å². The Hall–Kier alpha value is -4.32. The summed E-state index contributed by atoms with van der Waals surface area (Å²) < 4.78 is 35.9. The van der Waals surface area contributed by atoms with Gasteiger partial charge >= 0.3 is 0 Å². The fraction of sp³-hybridized carbons (Fsp3) is 0.308. The number of aromatic nitrogens is 4. The van der Waals surface area contributed by atoms with Crippen LogP contribution in [0.25, 0.3) is 16.8 Å². The maximum Gasteiger partial charge on any atom is 0.229 e. The molecule has 4 N–H and O–H groups in total. The zero-order valence-corrected chi connectivity index (χ0v) is 21.2. The maximum atomic E-state index is 14.7. The summed E-state index contributed by atoms with van der Waals surface area (Å²) in [5.41, 5.74) is 8.40. The van der Waals surface area contributed by atoms with E-state index in [1.54, 1.807) is 24.7 Å². The van der Waals surface area contributed by atoms with Crippen molar-refractivity contribution in [3.63, 3.8) is 0 Å². The van der Waals surface area contributed by atoms with E-state index < -0.39 is 11.6 Å². The van der Waals surface area contributed by atoms with Crippen LogP contribution in [0.4, 0.5) is 26.1 Å². The number of carbonyl (C=O) groups excluding carboxylic acids is 1. The molecule has 1 aromatic carbocycles. The van der Waals surface area contributed by atoms with Gasteiger partial charge in [-0.25, -0.2) is 13.8 Å². The lowest BCUT2D eigenvalue weighted by atomic mass is 9.89. The number of nitrogens with one attached hydrogen (secondary N) is 2. The van der Waals surface area contributed by atoms with Gasteiger partial charge in [-0.15, -0.1) is 0 Å². The molecule has 4 heterocycles. The van der Waals surface area contributed by atoms with Crippen molar-refractivity contribution < 1.29 is 18.3 Å². The van der Waals surface area contributed by atoms with Crippen molar-refractivity contribution in [2.45, 2.75) is 25.9 Å². The summed E-state index contributed by atoms with van der Waals surface area (Å²) in [6, 6.07) is 6.92. The van der Waals surface area contributed by atoms with Crippen LogP contribution in [0.3, 0.4) is 0 Å². The second-order valence-corrected chi connectivity index (χ2v) is 9.39. The number of rotatable bonds is 6. The summed E-state index contributed by atoms with van der Waals surface area (Å²) in [6.45, 7) is 4.72. The molecule has 3 unspecified atom stereocenters. The second-order valence-electron chi connectivity index (χ2n) is 9.39. The highest BCUT2D eigenvalue weighted by molar-refractivity contribution is 5.75. The SMILES string of the molecule is COc1cc(F)c(-c2ccc3cnc(Nc4cnccc4N4CC(C)C(NC(C)=O)C(N)C4)n3n2)c(F)c1. The predicted molar refractivity (Wildman–Crippen MR) is 139 cm³/mol. The molecule has 10 nitrogen and oxygen atoms in total. The Labute approximate surface area is 217 Å². The number of hydrogen-bond acceptors (Lipinski definition) is 8. The summed E-state index contributed by atoms with van der Waals surface area (Å²) in [7, 11) is 1.34. The fourth-order valence-electron chi connectivity index (χ4n) is 4.90. The quantitative estimate of drug-likeness (QED) is 0.353. The first-order valence-corrected chi connectivity index (χ1v) is 12.1. The van der Waals surface area contributed by atoms with E-state index in [9.17, 15) is 13.6 Å². The van der Waals surface area contributed by atoms with Gasteiger partial charge in [0.1, 0.15) is 17.4 Å². The number of amides is 1. The van der Waals surface area contributed by atoms with E-state index in [4.69, 9.17) is 10.5 Å². The molecule has 5 rings (SSSR count). The molecule has 0 saturated carbocycles. The van der Waals surface area contributed by atoms with E-state index >= 15 is 0 Å². The molecule has 0 bridgehead atoms. The maximum absolute atomic E-state index is 14.7. The number of methoxy groups -OCH3 is 1. The van der Waals surface area contributed by atoms with Crippen LogP contribution >= 0.6 is 0 Å². The fourth-order valence-corrected chi connectivity index (χ4v) is 4.90. The first-order chi connectivity index (χ1) is 18.2. The van der Waals surface area contributed by atoms with Crippen LogP contribution in [0.2, 0.25) is 0 Å². The van der Waals surface area contributed by atoms with Gasteiger partial charge in [0.05, 0.1) is 47.7 Å². The van der Waals surface area contributed by atoms with Gasteiger partial charge < -0.3 is 26.0 Å². The molecule has 198 valence electrons. The highest BCUT2D eigenvalue weighted by atomic mass is 19.1. The topological polar surface area (TPSA) is 123 Å². The molecular formula is C26H28F2N8O2. The average molecular weight is 523 g/mol. The number of anilines is 3. The molecule has 0 aliphatic carbocycles. The molecule has 3 aromatic heterocycles. The van der Waals surface area contributed by atoms with E-state index in [1.807, 2.05) is 13.0 Å². The zero-order chi connectivity index (χ0) is 27.0. The summed E-state index contributed by atoms with van der Waals surface area (Å²) in [5.74, 6) is -1.15. The third-order valence-electron chi connectivity index (χ3n) is 6.66. The first kappa shape index (κ1) is 25.3. The number of piperidine rings is 1. The number of fused-ring (bicyclic) bond motifs is 1. The van der Waals surface area contributed by atoms with Crippen molar-refractivity contribution in [1.82, 2.24) is 24.9 Å². The molecule has 0 spiro atoms. The molecule has 1 aliphatic rings. The summed E-state index contributed by atoms with van der Waals surface area (Å²) in [6.07, 6.45) is 4.96. The van der Waals surface area contributed by atoms with Crippen molar-refractivity contribution in [2.75, 3.05) is 30.4 Å². The molecule has 1 fully saturated rings. The van der Waals surface area contributed by atoms with Crippen LogP contribution in [0, 0.1) is 17.6 Å². The van der Waals surface area contributed by atoms with E-state index in [0.29, 0.717) is 30.2 Å². The highest BCUT2D eigenvalue weighted by Crippen LogP contribution is 2.32. The van der Waals surface area contributed by atoms with Gasteiger partial charge in [-0.3, -0.25) is 9.78 Å². The van der Waals surface area contributed by atoms with Crippen LogP contribution in [-0.2, 0) is 4.79 Å². The Morgan fingerprint density at radius 2 is 1.92 bits per heavy atom. The third-order valence-corrected chi connectivity index (χ3v) is 6.66. The Bertz CT molecular complexity index is 1460. The van der Waals surface area contributed by atoms with Gasteiger partial charge in [0.25, 0.3) is 0 Å². The summed E-state index contributed by atoms with van der Waals surface area (Å²) in [5, 5.41) is 10.7. The monoisotopic (exact) mass is 522 g/mol. The number of carbonyl (C=O) groups is 1. The second kappa shape index (κ2) is 10.2. The van der Waals surface area contributed by atoms with E-state index in [1.165, 1.54) is 24.6 Å². The van der Waals surface area contributed by atoms with E-state index in [0.717, 1.165) is 17.8 Å². The van der Waals surface area contributed by atoms with Crippen LogP contribution < -0.4 is 26.0 Å². The normalized spacial score (nSPS) is 19.4. The Morgan fingerprint density at radius 3 is 2.61 bits per heavy atom.